The number of aryl methyl sites for hydroxylation is 1. The maximum atomic E-state index is 6.11. The summed E-state index contributed by atoms with van der Waals surface area (Å²) in [5.74, 6) is 1.56. The molecule has 4 aromatic rings. The molecule has 0 radical (unpaired) electrons. The van der Waals surface area contributed by atoms with Crippen molar-refractivity contribution in [3.63, 3.8) is 0 Å². The van der Waals surface area contributed by atoms with E-state index in [1.807, 2.05) is 48.5 Å². The minimum atomic E-state index is 0.506. The first-order chi connectivity index (χ1) is 14.6. The van der Waals surface area contributed by atoms with Gasteiger partial charge in [0.25, 0.3) is 0 Å². The normalized spacial score (nSPS) is 10.7. The average molecular weight is 481 g/mol. The SMILES string of the molecule is Cc1ccc(COc2ccc(Br)cc2CNn2c(-c3ccccc3)n[nH]c2=S)cc1. The number of aromatic amines is 1. The van der Waals surface area contributed by atoms with Gasteiger partial charge in [-0.1, -0.05) is 76.1 Å². The molecular formula is C23H21BrN4OS. The van der Waals surface area contributed by atoms with E-state index < -0.39 is 0 Å². The molecule has 0 unspecified atom stereocenters. The Morgan fingerprint density at radius 3 is 2.60 bits per heavy atom. The molecule has 5 nitrogen and oxygen atoms in total. The molecular weight excluding hydrogens is 460 g/mol. The maximum Gasteiger partial charge on any atom is 0.214 e. The molecule has 3 aromatic carbocycles. The number of ether oxygens (including phenoxy) is 1. The number of benzene rings is 3. The van der Waals surface area contributed by atoms with Crippen molar-refractivity contribution >= 4 is 28.1 Å². The van der Waals surface area contributed by atoms with Crippen molar-refractivity contribution in [2.45, 2.75) is 20.1 Å². The predicted molar refractivity (Wildman–Crippen MR) is 126 cm³/mol. The number of nitrogens with one attached hydrogen (secondary N) is 2. The van der Waals surface area contributed by atoms with Gasteiger partial charge in [0.05, 0.1) is 6.54 Å². The van der Waals surface area contributed by atoms with Gasteiger partial charge in [0.2, 0.25) is 4.77 Å². The fraction of sp³-hybridized carbons (Fsp3) is 0.130. The van der Waals surface area contributed by atoms with Gasteiger partial charge in [0.1, 0.15) is 12.4 Å². The minimum Gasteiger partial charge on any atom is -0.489 e. The molecule has 0 spiro atoms. The van der Waals surface area contributed by atoms with Gasteiger partial charge in [0, 0.05) is 15.6 Å². The Bertz CT molecular complexity index is 1190. The minimum absolute atomic E-state index is 0.506. The monoisotopic (exact) mass is 480 g/mol. The first-order valence-corrected chi connectivity index (χ1v) is 10.7. The van der Waals surface area contributed by atoms with E-state index in [1.54, 1.807) is 4.68 Å². The van der Waals surface area contributed by atoms with Crippen molar-refractivity contribution in [3.8, 4) is 17.1 Å². The molecule has 4 rings (SSSR count). The van der Waals surface area contributed by atoms with Crippen LogP contribution in [0.3, 0.4) is 0 Å². The van der Waals surface area contributed by atoms with Crippen LogP contribution in [0, 0.1) is 11.7 Å². The zero-order valence-corrected chi connectivity index (χ0v) is 18.8. The summed E-state index contributed by atoms with van der Waals surface area (Å²) in [7, 11) is 0. The molecule has 1 aromatic heterocycles. The summed E-state index contributed by atoms with van der Waals surface area (Å²) in [6.45, 7) is 3.11. The Hall–Kier alpha value is -2.90. The highest BCUT2D eigenvalue weighted by molar-refractivity contribution is 9.10. The third-order valence-corrected chi connectivity index (χ3v) is 5.44. The van der Waals surface area contributed by atoms with E-state index >= 15 is 0 Å². The molecule has 0 saturated heterocycles. The fourth-order valence-electron chi connectivity index (χ4n) is 3.06. The molecule has 0 aliphatic rings. The van der Waals surface area contributed by atoms with E-state index in [4.69, 9.17) is 17.0 Å². The van der Waals surface area contributed by atoms with Crippen molar-refractivity contribution in [1.29, 1.82) is 0 Å². The van der Waals surface area contributed by atoms with Crippen LogP contribution in [0.25, 0.3) is 11.4 Å². The largest absolute Gasteiger partial charge is 0.489 e. The number of hydrogen-bond donors (Lipinski definition) is 2. The van der Waals surface area contributed by atoms with Crippen LogP contribution in [-0.2, 0) is 13.2 Å². The molecule has 2 N–H and O–H groups in total. The third kappa shape index (κ3) is 4.80. The Labute approximate surface area is 188 Å². The molecule has 0 bridgehead atoms. The summed E-state index contributed by atoms with van der Waals surface area (Å²) in [6, 6.07) is 24.3. The van der Waals surface area contributed by atoms with Crippen LogP contribution in [0.1, 0.15) is 16.7 Å². The van der Waals surface area contributed by atoms with E-state index in [-0.39, 0.29) is 0 Å². The van der Waals surface area contributed by atoms with Gasteiger partial charge < -0.3 is 10.2 Å². The number of H-pyrrole nitrogens is 1. The van der Waals surface area contributed by atoms with Gasteiger partial charge in [-0.3, -0.25) is 0 Å². The van der Waals surface area contributed by atoms with E-state index in [9.17, 15) is 0 Å². The van der Waals surface area contributed by atoms with E-state index in [1.165, 1.54) is 5.56 Å². The maximum absolute atomic E-state index is 6.11. The molecule has 30 heavy (non-hydrogen) atoms. The van der Waals surface area contributed by atoms with Crippen molar-refractivity contribution in [1.82, 2.24) is 14.9 Å². The predicted octanol–water partition coefficient (Wildman–Crippen LogP) is 6.00. The Balaban J connectivity index is 1.53. The van der Waals surface area contributed by atoms with E-state index in [0.717, 1.165) is 32.7 Å². The van der Waals surface area contributed by atoms with Crippen LogP contribution in [0.15, 0.2) is 77.3 Å². The molecule has 0 fully saturated rings. The van der Waals surface area contributed by atoms with Crippen LogP contribution in [0.4, 0.5) is 0 Å². The Kier molecular flexibility index (Phi) is 6.30. The van der Waals surface area contributed by atoms with Crippen molar-refractivity contribution in [2.24, 2.45) is 0 Å². The van der Waals surface area contributed by atoms with Crippen molar-refractivity contribution in [3.05, 3.63) is 98.7 Å². The molecule has 0 saturated carbocycles. The number of aromatic nitrogens is 3. The lowest BCUT2D eigenvalue weighted by atomic mass is 10.1. The molecule has 0 aliphatic heterocycles. The van der Waals surface area contributed by atoms with Crippen LogP contribution in [0.5, 0.6) is 5.75 Å². The lowest BCUT2D eigenvalue weighted by molar-refractivity contribution is 0.303. The van der Waals surface area contributed by atoms with E-state index in [2.05, 4.69) is 62.7 Å². The summed E-state index contributed by atoms with van der Waals surface area (Å²) >= 11 is 8.97. The standard InChI is InChI=1S/C23H21BrN4OS/c1-16-7-9-17(10-8-16)15-29-21-12-11-20(24)13-19(21)14-25-28-22(26-27-23(28)30)18-5-3-2-4-6-18/h2-13,25H,14-15H2,1H3,(H,27,30). The molecule has 7 heteroatoms. The summed E-state index contributed by atoms with van der Waals surface area (Å²) in [5.41, 5.74) is 7.72. The van der Waals surface area contributed by atoms with E-state index in [0.29, 0.717) is 17.9 Å². The number of hydrogen-bond acceptors (Lipinski definition) is 4. The summed E-state index contributed by atoms with van der Waals surface area (Å²) < 4.78 is 9.39. The highest BCUT2D eigenvalue weighted by atomic mass is 79.9. The lowest BCUT2D eigenvalue weighted by Gasteiger charge is -2.15. The second kappa shape index (κ2) is 9.28. The Morgan fingerprint density at radius 2 is 1.83 bits per heavy atom. The lowest BCUT2D eigenvalue weighted by Crippen LogP contribution is -2.16. The highest BCUT2D eigenvalue weighted by Gasteiger charge is 2.10. The quantitative estimate of drug-likeness (QED) is 0.318. The topological polar surface area (TPSA) is 54.9 Å². The second-order valence-corrected chi connectivity index (χ2v) is 8.22. The van der Waals surface area contributed by atoms with Gasteiger partial charge in [0.15, 0.2) is 5.82 Å². The Morgan fingerprint density at radius 1 is 1.07 bits per heavy atom. The third-order valence-electron chi connectivity index (χ3n) is 4.67. The van der Waals surface area contributed by atoms with Crippen LogP contribution >= 0.6 is 28.1 Å². The zero-order valence-electron chi connectivity index (χ0n) is 16.4. The first-order valence-electron chi connectivity index (χ1n) is 9.53. The molecule has 0 amide bonds. The second-order valence-electron chi connectivity index (χ2n) is 6.92. The van der Waals surface area contributed by atoms with Crippen molar-refractivity contribution < 1.29 is 4.74 Å². The number of halogens is 1. The smallest absolute Gasteiger partial charge is 0.214 e. The first kappa shape index (κ1) is 20.4. The number of rotatable bonds is 7. The molecule has 1 heterocycles. The van der Waals surface area contributed by atoms with Gasteiger partial charge in [-0.05, 0) is 42.9 Å². The van der Waals surface area contributed by atoms with Crippen molar-refractivity contribution in [2.75, 3.05) is 5.43 Å². The molecule has 152 valence electrons. The van der Waals surface area contributed by atoms with Crippen LogP contribution < -0.4 is 10.2 Å². The average Bonchev–Trinajstić information content (AvgIpc) is 3.13. The molecule has 0 atom stereocenters. The summed E-state index contributed by atoms with van der Waals surface area (Å²) in [5, 5.41) is 7.23. The van der Waals surface area contributed by atoms with Crippen LogP contribution in [0.2, 0.25) is 0 Å². The fourth-order valence-corrected chi connectivity index (χ4v) is 3.67. The van der Waals surface area contributed by atoms with Gasteiger partial charge in [-0.15, -0.1) is 0 Å². The zero-order chi connectivity index (χ0) is 20.9. The summed E-state index contributed by atoms with van der Waals surface area (Å²) in [6.07, 6.45) is 0. The summed E-state index contributed by atoms with van der Waals surface area (Å²) in [4.78, 5) is 0. The number of nitrogens with zero attached hydrogens (tertiary/aromatic N) is 2. The van der Waals surface area contributed by atoms with Crippen LogP contribution in [-0.4, -0.2) is 14.9 Å². The molecule has 0 aliphatic carbocycles. The highest BCUT2D eigenvalue weighted by Crippen LogP contribution is 2.25. The van der Waals surface area contributed by atoms with Gasteiger partial charge >= 0.3 is 0 Å². The van der Waals surface area contributed by atoms with Gasteiger partial charge in [-0.2, -0.15) is 5.10 Å². The van der Waals surface area contributed by atoms with Gasteiger partial charge in [-0.25, -0.2) is 9.77 Å².